The second-order valence-corrected chi connectivity index (χ2v) is 5.21. The van der Waals surface area contributed by atoms with Gasteiger partial charge in [0.2, 0.25) is 0 Å². The fraction of sp³-hybridized carbons (Fsp3) is 0.917. The monoisotopic (exact) mass is 180 g/mol. The summed E-state index contributed by atoms with van der Waals surface area (Å²) in [7, 11) is 0. The molecule has 0 N–H and O–H groups in total. The molecular formula is C12H20O. The van der Waals surface area contributed by atoms with Gasteiger partial charge in [-0.1, -0.05) is 26.7 Å². The van der Waals surface area contributed by atoms with Crippen LogP contribution in [0.1, 0.15) is 52.4 Å². The number of ketones is 1. The maximum absolute atomic E-state index is 11.9. The number of rotatable bonds is 0. The smallest absolute Gasteiger partial charge is 0.139 e. The molecule has 0 bridgehead atoms. The number of fused-ring (bicyclic) bond motifs is 1. The minimum atomic E-state index is 0.0654. The third kappa shape index (κ3) is 1.33. The van der Waals surface area contributed by atoms with E-state index in [0.29, 0.717) is 11.7 Å². The first-order chi connectivity index (χ1) is 6.14. The van der Waals surface area contributed by atoms with Gasteiger partial charge in [0.1, 0.15) is 5.78 Å². The molecule has 1 unspecified atom stereocenters. The van der Waals surface area contributed by atoms with Crippen LogP contribution in [0.25, 0.3) is 0 Å². The predicted octanol–water partition coefficient (Wildman–Crippen LogP) is 3.18. The summed E-state index contributed by atoms with van der Waals surface area (Å²) in [6.07, 6.45) is 7.04. The van der Waals surface area contributed by atoms with Gasteiger partial charge in [0.05, 0.1) is 0 Å². The van der Waals surface area contributed by atoms with E-state index in [1.54, 1.807) is 0 Å². The number of carbonyl (C=O) groups excluding carboxylic acids is 1. The van der Waals surface area contributed by atoms with Gasteiger partial charge in [-0.2, -0.15) is 0 Å². The molecule has 2 aliphatic carbocycles. The summed E-state index contributed by atoms with van der Waals surface area (Å²) in [4.78, 5) is 11.9. The molecule has 2 rings (SSSR count). The molecule has 2 aliphatic rings. The van der Waals surface area contributed by atoms with Crippen molar-refractivity contribution in [1.29, 1.82) is 0 Å². The quantitative estimate of drug-likeness (QED) is 0.559. The third-order valence-electron chi connectivity index (χ3n) is 4.42. The van der Waals surface area contributed by atoms with E-state index in [4.69, 9.17) is 0 Å². The summed E-state index contributed by atoms with van der Waals surface area (Å²) in [5.74, 6) is 2.03. The van der Waals surface area contributed by atoms with Crippen LogP contribution in [-0.2, 0) is 4.79 Å². The van der Waals surface area contributed by atoms with Crippen molar-refractivity contribution < 1.29 is 4.79 Å². The predicted molar refractivity (Wildman–Crippen MR) is 53.5 cm³/mol. The van der Waals surface area contributed by atoms with E-state index in [2.05, 4.69) is 13.8 Å². The maximum atomic E-state index is 11.9. The Hall–Kier alpha value is -0.330. The maximum Gasteiger partial charge on any atom is 0.139 e. The van der Waals surface area contributed by atoms with Crippen molar-refractivity contribution in [2.45, 2.75) is 52.4 Å². The first-order valence-corrected chi connectivity index (χ1v) is 5.68. The molecule has 3 atom stereocenters. The molecule has 1 heteroatoms. The number of hydrogen-bond donors (Lipinski definition) is 0. The van der Waals surface area contributed by atoms with E-state index in [9.17, 15) is 4.79 Å². The highest BCUT2D eigenvalue weighted by molar-refractivity contribution is 5.85. The second kappa shape index (κ2) is 3.11. The lowest BCUT2D eigenvalue weighted by molar-refractivity contribution is -0.138. The molecule has 2 fully saturated rings. The van der Waals surface area contributed by atoms with Gasteiger partial charge in [-0.15, -0.1) is 0 Å². The lowest BCUT2D eigenvalue weighted by atomic mass is 9.56. The van der Waals surface area contributed by atoms with Gasteiger partial charge in [-0.3, -0.25) is 4.79 Å². The summed E-state index contributed by atoms with van der Waals surface area (Å²) in [5, 5.41) is 0. The molecule has 0 saturated heterocycles. The Bertz CT molecular complexity index is 221. The molecule has 0 aromatic rings. The first-order valence-electron chi connectivity index (χ1n) is 5.68. The molecule has 0 heterocycles. The highest BCUT2D eigenvalue weighted by Gasteiger charge is 2.46. The van der Waals surface area contributed by atoms with Gasteiger partial charge in [0.15, 0.2) is 0 Å². The van der Waals surface area contributed by atoms with Crippen LogP contribution < -0.4 is 0 Å². The van der Waals surface area contributed by atoms with Crippen molar-refractivity contribution in [1.82, 2.24) is 0 Å². The first kappa shape index (κ1) is 9.23. The Labute approximate surface area is 80.9 Å². The molecule has 0 radical (unpaired) electrons. The van der Waals surface area contributed by atoms with Crippen molar-refractivity contribution in [3.8, 4) is 0 Å². The summed E-state index contributed by atoms with van der Waals surface area (Å²) in [5.41, 5.74) is 0.0654. The van der Waals surface area contributed by atoms with Crippen LogP contribution in [0.4, 0.5) is 0 Å². The van der Waals surface area contributed by atoms with E-state index in [0.717, 1.165) is 25.2 Å². The molecule has 0 aromatic heterocycles. The standard InChI is InChI=1S/C12H20O/c1-9-5-4-8-12(2)10(9)6-3-7-11(12)13/h9-10H,3-8H2,1-2H3/t9?,10-,12-/m0/s1. The van der Waals surface area contributed by atoms with Crippen LogP contribution in [0.5, 0.6) is 0 Å². The summed E-state index contributed by atoms with van der Waals surface area (Å²) in [6, 6.07) is 0. The Kier molecular flexibility index (Phi) is 2.21. The van der Waals surface area contributed by atoms with Crippen molar-refractivity contribution in [3.05, 3.63) is 0 Å². The normalized spacial score (nSPS) is 45.8. The van der Waals surface area contributed by atoms with Gasteiger partial charge in [-0.25, -0.2) is 0 Å². The molecule has 1 nitrogen and oxygen atoms in total. The topological polar surface area (TPSA) is 17.1 Å². The number of carbonyl (C=O) groups is 1. The van der Waals surface area contributed by atoms with Gasteiger partial charge in [0, 0.05) is 11.8 Å². The molecule has 0 spiro atoms. The summed E-state index contributed by atoms with van der Waals surface area (Å²) < 4.78 is 0. The van der Waals surface area contributed by atoms with Crippen LogP contribution in [0.2, 0.25) is 0 Å². The second-order valence-electron chi connectivity index (χ2n) is 5.21. The minimum Gasteiger partial charge on any atom is -0.299 e. The molecular weight excluding hydrogens is 160 g/mol. The number of Topliss-reactive ketones (excluding diaryl/α,β-unsaturated/α-hetero) is 1. The third-order valence-corrected chi connectivity index (χ3v) is 4.42. The van der Waals surface area contributed by atoms with Crippen LogP contribution >= 0.6 is 0 Å². The Morgan fingerprint density at radius 1 is 1.31 bits per heavy atom. The largest absolute Gasteiger partial charge is 0.299 e. The summed E-state index contributed by atoms with van der Waals surface area (Å²) in [6.45, 7) is 4.55. The van der Waals surface area contributed by atoms with Crippen molar-refractivity contribution in [2.75, 3.05) is 0 Å². The molecule has 74 valence electrons. The molecule has 0 aromatic carbocycles. The average molecular weight is 180 g/mol. The fourth-order valence-corrected chi connectivity index (χ4v) is 3.52. The molecule has 0 aliphatic heterocycles. The van der Waals surface area contributed by atoms with Crippen LogP contribution in [-0.4, -0.2) is 5.78 Å². The lowest BCUT2D eigenvalue weighted by Gasteiger charge is -2.47. The molecule has 2 saturated carbocycles. The molecule has 0 amide bonds. The zero-order valence-electron chi connectivity index (χ0n) is 8.81. The zero-order chi connectivity index (χ0) is 9.47. The van der Waals surface area contributed by atoms with Gasteiger partial charge < -0.3 is 0 Å². The van der Waals surface area contributed by atoms with E-state index in [1.807, 2.05) is 0 Å². The van der Waals surface area contributed by atoms with Crippen LogP contribution in [0.15, 0.2) is 0 Å². The van der Waals surface area contributed by atoms with E-state index >= 15 is 0 Å². The highest BCUT2D eigenvalue weighted by atomic mass is 16.1. The SMILES string of the molecule is CC1CCC[C@]2(C)C(=O)CCC[C@@H]12. The fourth-order valence-electron chi connectivity index (χ4n) is 3.52. The van der Waals surface area contributed by atoms with Gasteiger partial charge in [-0.05, 0) is 31.1 Å². The van der Waals surface area contributed by atoms with E-state index in [-0.39, 0.29) is 5.41 Å². The Balaban J connectivity index is 2.24. The Morgan fingerprint density at radius 3 is 2.77 bits per heavy atom. The van der Waals surface area contributed by atoms with Gasteiger partial charge >= 0.3 is 0 Å². The van der Waals surface area contributed by atoms with E-state index in [1.165, 1.54) is 19.3 Å². The van der Waals surface area contributed by atoms with Gasteiger partial charge in [0.25, 0.3) is 0 Å². The van der Waals surface area contributed by atoms with Crippen molar-refractivity contribution in [3.63, 3.8) is 0 Å². The number of hydrogen-bond acceptors (Lipinski definition) is 1. The zero-order valence-corrected chi connectivity index (χ0v) is 8.81. The average Bonchev–Trinajstić information content (AvgIpc) is 2.08. The lowest BCUT2D eigenvalue weighted by Crippen LogP contribution is -2.44. The highest BCUT2D eigenvalue weighted by Crippen LogP contribution is 2.50. The van der Waals surface area contributed by atoms with Crippen LogP contribution in [0.3, 0.4) is 0 Å². The van der Waals surface area contributed by atoms with Crippen molar-refractivity contribution >= 4 is 5.78 Å². The van der Waals surface area contributed by atoms with E-state index < -0.39 is 0 Å². The minimum absolute atomic E-state index is 0.0654. The molecule has 13 heavy (non-hydrogen) atoms. The summed E-state index contributed by atoms with van der Waals surface area (Å²) >= 11 is 0. The van der Waals surface area contributed by atoms with Crippen molar-refractivity contribution in [2.24, 2.45) is 17.3 Å². The van der Waals surface area contributed by atoms with Crippen LogP contribution in [0, 0.1) is 17.3 Å². The Morgan fingerprint density at radius 2 is 2.08 bits per heavy atom.